The van der Waals surface area contributed by atoms with Gasteiger partial charge in [0.05, 0.1) is 5.69 Å². The number of H-pyrrole nitrogens is 1. The van der Waals surface area contributed by atoms with Gasteiger partial charge >= 0.3 is 0 Å². The van der Waals surface area contributed by atoms with Gasteiger partial charge in [0.2, 0.25) is 0 Å². The van der Waals surface area contributed by atoms with E-state index in [1.54, 1.807) is 24.3 Å². The second-order valence-corrected chi connectivity index (χ2v) is 3.04. The first-order valence-corrected chi connectivity index (χ1v) is 4.43. The van der Waals surface area contributed by atoms with Crippen LogP contribution < -0.4 is 10.5 Å². The van der Waals surface area contributed by atoms with E-state index in [2.05, 4.69) is 10.2 Å². The minimum absolute atomic E-state index is 0.213. The summed E-state index contributed by atoms with van der Waals surface area (Å²) < 4.78 is 18.4. The van der Waals surface area contributed by atoms with Crippen LogP contribution in [0.25, 0.3) is 0 Å². The minimum atomic E-state index is -0.384. The zero-order chi connectivity index (χ0) is 10.7. The topological polar surface area (TPSA) is 63.9 Å². The molecule has 0 unspecified atom stereocenters. The SMILES string of the molecule is Nc1cc(COc2ccccc2F)[nH]n1. The molecule has 78 valence electrons. The van der Waals surface area contributed by atoms with E-state index in [0.717, 1.165) is 0 Å². The number of nitrogens with zero attached hydrogens (tertiary/aromatic N) is 1. The van der Waals surface area contributed by atoms with Gasteiger partial charge in [-0.05, 0) is 12.1 Å². The molecule has 1 heterocycles. The molecule has 0 fully saturated rings. The first-order valence-electron chi connectivity index (χ1n) is 4.43. The zero-order valence-electron chi connectivity index (χ0n) is 7.90. The molecule has 0 spiro atoms. The highest BCUT2D eigenvalue weighted by atomic mass is 19.1. The molecule has 0 amide bonds. The highest BCUT2D eigenvalue weighted by molar-refractivity contribution is 5.29. The molecule has 0 aliphatic carbocycles. The van der Waals surface area contributed by atoms with E-state index in [0.29, 0.717) is 11.5 Å². The maximum absolute atomic E-state index is 13.1. The van der Waals surface area contributed by atoms with Gasteiger partial charge in [-0.2, -0.15) is 5.10 Å². The highest BCUT2D eigenvalue weighted by Crippen LogP contribution is 2.16. The number of anilines is 1. The normalized spacial score (nSPS) is 10.2. The maximum atomic E-state index is 13.1. The number of nitrogens with one attached hydrogen (secondary N) is 1. The first-order chi connectivity index (χ1) is 7.25. The van der Waals surface area contributed by atoms with E-state index in [9.17, 15) is 4.39 Å². The summed E-state index contributed by atoms with van der Waals surface area (Å²) in [5.74, 6) is 0.220. The van der Waals surface area contributed by atoms with Gasteiger partial charge in [0, 0.05) is 6.07 Å². The average molecular weight is 207 g/mol. The second kappa shape index (κ2) is 4.00. The van der Waals surface area contributed by atoms with Crippen molar-refractivity contribution in [2.45, 2.75) is 6.61 Å². The number of nitrogens with two attached hydrogens (primary N) is 1. The average Bonchev–Trinajstić information content (AvgIpc) is 2.63. The summed E-state index contributed by atoms with van der Waals surface area (Å²) in [5, 5.41) is 6.40. The lowest BCUT2D eigenvalue weighted by Gasteiger charge is -2.04. The van der Waals surface area contributed by atoms with Crippen LogP contribution in [0.2, 0.25) is 0 Å². The molecule has 0 radical (unpaired) electrons. The number of aromatic nitrogens is 2. The van der Waals surface area contributed by atoms with Crippen LogP contribution in [0.3, 0.4) is 0 Å². The monoisotopic (exact) mass is 207 g/mol. The van der Waals surface area contributed by atoms with E-state index in [4.69, 9.17) is 10.5 Å². The summed E-state index contributed by atoms with van der Waals surface area (Å²) in [6, 6.07) is 7.86. The van der Waals surface area contributed by atoms with Crippen LogP contribution in [0.4, 0.5) is 10.2 Å². The van der Waals surface area contributed by atoms with Crippen LogP contribution >= 0.6 is 0 Å². The predicted molar refractivity (Wildman–Crippen MR) is 53.7 cm³/mol. The lowest BCUT2D eigenvalue weighted by Crippen LogP contribution is -1.97. The third-order valence-corrected chi connectivity index (χ3v) is 1.87. The summed E-state index contributed by atoms with van der Waals surface area (Å²) >= 11 is 0. The Morgan fingerprint density at radius 3 is 2.87 bits per heavy atom. The molecule has 0 atom stereocenters. The van der Waals surface area contributed by atoms with Crippen molar-refractivity contribution < 1.29 is 9.13 Å². The van der Waals surface area contributed by atoms with Gasteiger partial charge in [-0.3, -0.25) is 5.10 Å². The Bertz CT molecular complexity index is 455. The molecule has 15 heavy (non-hydrogen) atoms. The Hall–Kier alpha value is -2.04. The number of rotatable bonds is 3. The number of halogens is 1. The third kappa shape index (κ3) is 2.25. The number of para-hydroxylation sites is 1. The Kier molecular flexibility index (Phi) is 2.53. The largest absolute Gasteiger partial charge is 0.484 e. The van der Waals surface area contributed by atoms with Crippen LogP contribution in [0.1, 0.15) is 5.69 Å². The van der Waals surface area contributed by atoms with E-state index < -0.39 is 0 Å². The number of benzene rings is 1. The van der Waals surface area contributed by atoms with Crippen molar-refractivity contribution in [2.24, 2.45) is 0 Å². The quantitative estimate of drug-likeness (QED) is 0.805. The molecule has 0 aliphatic heterocycles. The fourth-order valence-electron chi connectivity index (χ4n) is 1.17. The molecule has 0 bridgehead atoms. The number of aromatic amines is 1. The molecule has 0 saturated carbocycles. The molecule has 0 saturated heterocycles. The van der Waals surface area contributed by atoms with Crippen molar-refractivity contribution >= 4 is 5.82 Å². The number of hydrogen-bond donors (Lipinski definition) is 2. The minimum Gasteiger partial charge on any atom is -0.484 e. The summed E-state index contributed by atoms with van der Waals surface area (Å²) in [7, 11) is 0. The highest BCUT2D eigenvalue weighted by Gasteiger charge is 2.03. The Morgan fingerprint density at radius 1 is 1.40 bits per heavy atom. The molecular weight excluding hydrogens is 197 g/mol. The zero-order valence-corrected chi connectivity index (χ0v) is 7.90. The molecule has 1 aromatic carbocycles. The van der Waals surface area contributed by atoms with Gasteiger partial charge in [0.25, 0.3) is 0 Å². The fourth-order valence-corrected chi connectivity index (χ4v) is 1.17. The van der Waals surface area contributed by atoms with Crippen molar-refractivity contribution in [3.8, 4) is 5.75 Å². The van der Waals surface area contributed by atoms with Crippen LogP contribution in [-0.4, -0.2) is 10.2 Å². The van der Waals surface area contributed by atoms with Gasteiger partial charge in [-0.15, -0.1) is 0 Å². The molecule has 5 heteroatoms. The van der Waals surface area contributed by atoms with Crippen LogP contribution in [-0.2, 0) is 6.61 Å². The summed E-state index contributed by atoms with van der Waals surface area (Å²) in [6.45, 7) is 0.213. The van der Waals surface area contributed by atoms with Crippen molar-refractivity contribution in [3.63, 3.8) is 0 Å². The van der Waals surface area contributed by atoms with Crippen LogP contribution in [0.15, 0.2) is 30.3 Å². The Balaban J connectivity index is 2.02. The Labute approximate surface area is 85.9 Å². The van der Waals surface area contributed by atoms with E-state index >= 15 is 0 Å². The molecule has 4 nitrogen and oxygen atoms in total. The Morgan fingerprint density at radius 2 is 2.20 bits per heavy atom. The lowest BCUT2D eigenvalue weighted by atomic mass is 10.3. The summed E-state index contributed by atoms with van der Waals surface area (Å²) in [6.07, 6.45) is 0. The maximum Gasteiger partial charge on any atom is 0.165 e. The molecule has 1 aromatic heterocycles. The third-order valence-electron chi connectivity index (χ3n) is 1.87. The molecule has 3 N–H and O–H groups in total. The number of nitrogen functional groups attached to an aromatic ring is 1. The number of ether oxygens (including phenoxy) is 1. The second-order valence-electron chi connectivity index (χ2n) is 3.04. The van der Waals surface area contributed by atoms with E-state index in [-0.39, 0.29) is 18.2 Å². The lowest BCUT2D eigenvalue weighted by molar-refractivity contribution is 0.286. The van der Waals surface area contributed by atoms with Crippen LogP contribution in [0, 0.1) is 5.82 Å². The predicted octanol–water partition coefficient (Wildman–Crippen LogP) is 1.71. The van der Waals surface area contributed by atoms with Gasteiger partial charge in [-0.1, -0.05) is 12.1 Å². The van der Waals surface area contributed by atoms with Crippen molar-refractivity contribution in [1.29, 1.82) is 0 Å². The van der Waals surface area contributed by atoms with Crippen molar-refractivity contribution in [3.05, 3.63) is 41.8 Å². The smallest absolute Gasteiger partial charge is 0.165 e. The standard InChI is InChI=1S/C10H10FN3O/c11-8-3-1-2-4-9(8)15-6-7-5-10(12)14-13-7/h1-5H,6H2,(H3,12,13,14). The van der Waals surface area contributed by atoms with Gasteiger partial charge in [0.15, 0.2) is 11.6 Å². The molecular formula is C10H10FN3O. The van der Waals surface area contributed by atoms with Gasteiger partial charge in [0.1, 0.15) is 12.4 Å². The molecule has 2 rings (SSSR count). The van der Waals surface area contributed by atoms with Crippen LogP contribution in [0.5, 0.6) is 5.75 Å². The number of hydrogen-bond acceptors (Lipinski definition) is 3. The van der Waals surface area contributed by atoms with Crippen molar-refractivity contribution in [1.82, 2.24) is 10.2 Å². The molecule has 0 aliphatic rings. The van der Waals surface area contributed by atoms with E-state index in [1.165, 1.54) is 6.07 Å². The fraction of sp³-hybridized carbons (Fsp3) is 0.100. The first kappa shape index (κ1) is 9.51. The molecule has 2 aromatic rings. The van der Waals surface area contributed by atoms with Crippen molar-refractivity contribution in [2.75, 3.05) is 5.73 Å². The van der Waals surface area contributed by atoms with Gasteiger partial charge in [-0.25, -0.2) is 4.39 Å². The van der Waals surface area contributed by atoms with E-state index in [1.807, 2.05) is 0 Å². The summed E-state index contributed by atoms with van der Waals surface area (Å²) in [5.41, 5.74) is 6.11. The van der Waals surface area contributed by atoms with Gasteiger partial charge < -0.3 is 10.5 Å². The summed E-state index contributed by atoms with van der Waals surface area (Å²) in [4.78, 5) is 0.